The number of para-hydroxylation sites is 2. The van der Waals surface area contributed by atoms with E-state index < -0.39 is 0 Å². The highest BCUT2D eigenvalue weighted by atomic mass is 15.1. The summed E-state index contributed by atoms with van der Waals surface area (Å²) in [4.78, 5) is 17.4. The van der Waals surface area contributed by atoms with E-state index in [0.717, 1.165) is 45.0 Å². The van der Waals surface area contributed by atoms with Gasteiger partial charge in [0.25, 0.3) is 0 Å². The van der Waals surface area contributed by atoms with Crippen molar-refractivity contribution in [1.82, 2.24) is 19.5 Å². The Labute approximate surface area is 393 Å². The molecule has 2 heterocycles. The lowest BCUT2D eigenvalue weighted by atomic mass is 9.94. The molecule has 0 bridgehead atoms. The zero-order valence-electron chi connectivity index (χ0n) is 36.9. The fourth-order valence-corrected chi connectivity index (χ4v) is 10.1. The molecule has 0 fully saturated rings. The van der Waals surface area contributed by atoms with Gasteiger partial charge in [0.1, 0.15) is 0 Å². The van der Waals surface area contributed by atoms with Crippen LogP contribution >= 0.6 is 0 Å². The van der Waals surface area contributed by atoms with Crippen LogP contribution in [0.3, 0.4) is 0 Å². The molecule has 5 nitrogen and oxygen atoms in total. The fraction of sp³-hybridized carbons (Fsp3) is 0. The number of hydrogen-bond acceptors (Lipinski definition) is 4. The highest BCUT2D eigenvalue weighted by Gasteiger charge is 2.20. The van der Waals surface area contributed by atoms with Crippen molar-refractivity contribution < 1.29 is 0 Å². The minimum Gasteiger partial charge on any atom is -0.310 e. The molecule has 13 rings (SSSR count). The maximum atomic E-state index is 5.04. The molecule has 0 saturated carbocycles. The monoisotopic (exact) mass is 867 g/mol. The van der Waals surface area contributed by atoms with Crippen molar-refractivity contribution in [2.24, 2.45) is 0 Å². The lowest BCUT2D eigenvalue weighted by Crippen LogP contribution is -2.10. The van der Waals surface area contributed by atoms with Gasteiger partial charge in [-0.25, -0.2) is 15.0 Å². The predicted molar refractivity (Wildman–Crippen MR) is 283 cm³/mol. The Hall–Kier alpha value is -9.19. The molecule has 0 aliphatic heterocycles. The molecule has 0 atom stereocenters. The molecule has 0 spiro atoms. The van der Waals surface area contributed by atoms with Crippen LogP contribution in [0.4, 0.5) is 17.1 Å². The Morgan fingerprint density at radius 2 is 0.691 bits per heavy atom. The smallest absolute Gasteiger partial charge is 0.164 e. The maximum absolute atomic E-state index is 5.04. The number of hydrogen-bond donors (Lipinski definition) is 0. The standard InChI is InChI=1S/C63H41N5/c1-4-17-43(18-5-1)61-64-62(44-19-6-2-7-20-44)66-63(65-61)45-33-37-48(38-34-45)67(49-39-40-55-53-25-11-10-23-51(53)52-24-12-13-26-54(52)57(55)41-49)47-35-31-42(32-36-47)50-28-16-30-59-60(50)56-27-14-15-29-58(56)68(59)46-21-8-3-9-22-46/h1-41H. The Morgan fingerprint density at radius 3 is 1.25 bits per heavy atom. The van der Waals surface area contributed by atoms with Gasteiger partial charge < -0.3 is 9.47 Å². The summed E-state index contributed by atoms with van der Waals surface area (Å²) in [5.74, 6) is 1.89. The molecule has 318 valence electrons. The van der Waals surface area contributed by atoms with Crippen molar-refractivity contribution in [3.8, 4) is 51.0 Å². The molecule has 0 aliphatic carbocycles. The first kappa shape index (κ1) is 39.2. The lowest BCUT2D eigenvalue weighted by Gasteiger charge is -2.26. The summed E-state index contributed by atoms with van der Waals surface area (Å²) in [6, 6.07) is 88.4. The van der Waals surface area contributed by atoms with E-state index in [0.29, 0.717) is 17.5 Å². The highest BCUT2D eigenvalue weighted by Crippen LogP contribution is 2.43. The van der Waals surface area contributed by atoms with Crippen LogP contribution in [0, 0.1) is 0 Å². The van der Waals surface area contributed by atoms with E-state index in [1.807, 2.05) is 60.7 Å². The fourth-order valence-electron chi connectivity index (χ4n) is 10.1. The Balaban J connectivity index is 0.964. The average Bonchev–Trinajstić information content (AvgIpc) is 3.77. The number of nitrogens with zero attached hydrogens (tertiary/aromatic N) is 5. The molecule has 0 N–H and O–H groups in total. The first-order chi connectivity index (χ1) is 33.7. The molecular weight excluding hydrogens is 827 g/mol. The zero-order valence-corrected chi connectivity index (χ0v) is 36.9. The number of anilines is 3. The van der Waals surface area contributed by atoms with Crippen LogP contribution < -0.4 is 4.90 Å². The summed E-state index contributed by atoms with van der Waals surface area (Å²) in [5.41, 5.74) is 11.8. The maximum Gasteiger partial charge on any atom is 0.164 e. The molecule has 0 saturated heterocycles. The highest BCUT2D eigenvalue weighted by molar-refractivity contribution is 6.26. The number of aromatic nitrogens is 4. The van der Waals surface area contributed by atoms with Crippen LogP contribution in [0.5, 0.6) is 0 Å². The van der Waals surface area contributed by atoms with Crippen LogP contribution in [0.1, 0.15) is 0 Å². The van der Waals surface area contributed by atoms with Crippen LogP contribution in [0.15, 0.2) is 249 Å². The minimum atomic E-state index is 0.618. The number of rotatable bonds is 8. The summed E-state index contributed by atoms with van der Waals surface area (Å²) in [7, 11) is 0. The van der Waals surface area contributed by atoms with Gasteiger partial charge in [-0.2, -0.15) is 0 Å². The van der Waals surface area contributed by atoms with Gasteiger partial charge in [0.2, 0.25) is 0 Å². The first-order valence-electron chi connectivity index (χ1n) is 23.0. The van der Waals surface area contributed by atoms with E-state index in [9.17, 15) is 0 Å². The van der Waals surface area contributed by atoms with E-state index in [2.05, 4.69) is 198 Å². The molecule has 2 aromatic heterocycles. The Morgan fingerprint density at radius 1 is 0.279 bits per heavy atom. The van der Waals surface area contributed by atoms with Gasteiger partial charge >= 0.3 is 0 Å². The van der Waals surface area contributed by atoms with Crippen molar-refractivity contribution in [1.29, 1.82) is 0 Å². The first-order valence-corrected chi connectivity index (χ1v) is 23.0. The minimum absolute atomic E-state index is 0.618. The van der Waals surface area contributed by atoms with E-state index >= 15 is 0 Å². The second-order valence-electron chi connectivity index (χ2n) is 17.2. The Bertz CT molecular complexity index is 3900. The second kappa shape index (κ2) is 16.4. The van der Waals surface area contributed by atoms with Gasteiger partial charge in [-0.15, -0.1) is 0 Å². The second-order valence-corrected chi connectivity index (χ2v) is 17.2. The predicted octanol–water partition coefficient (Wildman–Crippen LogP) is 16.6. The lowest BCUT2D eigenvalue weighted by molar-refractivity contribution is 1.07. The van der Waals surface area contributed by atoms with Crippen LogP contribution in [0.2, 0.25) is 0 Å². The van der Waals surface area contributed by atoms with Crippen molar-refractivity contribution in [2.45, 2.75) is 0 Å². The normalized spacial score (nSPS) is 11.5. The molecule has 13 aromatic rings. The summed E-state index contributed by atoms with van der Waals surface area (Å²) < 4.78 is 2.38. The summed E-state index contributed by atoms with van der Waals surface area (Å²) in [6.45, 7) is 0. The number of benzene rings is 11. The summed E-state index contributed by atoms with van der Waals surface area (Å²) in [6.07, 6.45) is 0. The van der Waals surface area contributed by atoms with E-state index in [1.165, 1.54) is 59.7 Å². The molecule has 0 aliphatic rings. The Kier molecular flexibility index (Phi) is 9.43. The SMILES string of the molecule is c1ccc(-c2nc(-c3ccccc3)nc(-c3ccc(N(c4ccc(-c5cccc6c5c5ccccc5n6-c5ccccc5)cc4)c4ccc5c6ccccc6c6ccccc6c5c4)cc3)n2)cc1. The molecule has 11 aromatic carbocycles. The van der Waals surface area contributed by atoms with Gasteiger partial charge in [0.15, 0.2) is 17.5 Å². The van der Waals surface area contributed by atoms with Crippen molar-refractivity contribution >= 4 is 71.2 Å². The molecule has 5 heteroatoms. The molecule has 0 unspecified atom stereocenters. The van der Waals surface area contributed by atoms with Crippen molar-refractivity contribution in [2.75, 3.05) is 4.90 Å². The third-order valence-electron chi connectivity index (χ3n) is 13.2. The van der Waals surface area contributed by atoms with Gasteiger partial charge in [-0.1, -0.05) is 176 Å². The summed E-state index contributed by atoms with van der Waals surface area (Å²) in [5, 5.41) is 9.90. The van der Waals surface area contributed by atoms with Crippen LogP contribution in [-0.2, 0) is 0 Å². The van der Waals surface area contributed by atoms with E-state index in [1.54, 1.807) is 0 Å². The van der Waals surface area contributed by atoms with Crippen LogP contribution in [0.25, 0.3) is 105 Å². The van der Waals surface area contributed by atoms with Gasteiger partial charge in [-0.3, -0.25) is 0 Å². The zero-order chi connectivity index (χ0) is 45.0. The third kappa shape index (κ3) is 6.68. The molecule has 68 heavy (non-hydrogen) atoms. The van der Waals surface area contributed by atoms with Gasteiger partial charge in [0.05, 0.1) is 11.0 Å². The van der Waals surface area contributed by atoms with Crippen molar-refractivity contribution in [3.63, 3.8) is 0 Å². The van der Waals surface area contributed by atoms with E-state index in [4.69, 9.17) is 15.0 Å². The number of fused-ring (bicyclic) bond motifs is 9. The molecule has 0 amide bonds. The van der Waals surface area contributed by atoms with E-state index in [-0.39, 0.29) is 0 Å². The average molecular weight is 868 g/mol. The molecule has 0 radical (unpaired) electrons. The molecular formula is C63H41N5. The largest absolute Gasteiger partial charge is 0.310 e. The quantitative estimate of drug-likeness (QED) is 0.143. The third-order valence-corrected chi connectivity index (χ3v) is 13.2. The van der Waals surface area contributed by atoms with Crippen LogP contribution in [-0.4, -0.2) is 19.5 Å². The topological polar surface area (TPSA) is 46.8 Å². The summed E-state index contributed by atoms with van der Waals surface area (Å²) >= 11 is 0. The van der Waals surface area contributed by atoms with Crippen molar-refractivity contribution in [3.05, 3.63) is 249 Å². The van der Waals surface area contributed by atoms with Gasteiger partial charge in [-0.05, 0) is 116 Å². The van der Waals surface area contributed by atoms with Gasteiger partial charge in [0, 0.05) is 50.2 Å².